The summed E-state index contributed by atoms with van der Waals surface area (Å²) in [5.74, 6) is 0.107. The van der Waals surface area contributed by atoms with Gasteiger partial charge in [0.2, 0.25) is 5.91 Å². The van der Waals surface area contributed by atoms with E-state index in [0.717, 1.165) is 29.9 Å². The van der Waals surface area contributed by atoms with E-state index in [-0.39, 0.29) is 23.9 Å². The van der Waals surface area contributed by atoms with Crippen molar-refractivity contribution >= 4 is 23.6 Å². The number of carbonyl (C=O) groups excluding carboxylic acids is 3. The van der Waals surface area contributed by atoms with Crippen molar-refractivity contribution in [2.75, 3.05) is 37.6 Å². The van der Waals surface area contributed by atoms with Crippen molar-refractivity contribution in [2.24, 2.45) is 0 Å². The first-order valence-corrected chi connectivity index (χ1v) is 10.6. The number of piperidine rings is 1. The van der Waals surface area contributed by atoms with Crippen molar-refractivity contribution in [3.8, 4) is 0 Å². The predicted molar refractivity (Wildman–Crippen MR) is 112 cm³/mol. The fourth-order valence-electron chi connectivity index (χ4n) is 4.28. The number of carbonyl (C=O) groups is 3. The zero-order valence-electron chi connectivity index (χ0n) is 17.9. The van der Waals surface area contributed by atoms with E-state index in [0.29, 0.717) is 39.0 Å². The molecule has 3 amide bonds. The van der Waals surface area contributed by atoms with Crippen LogP contribution in [0.1, 0.15) is 49.5 Å². The zero-order valence-corrected chi connectivity index (χ0v) is 17.9. The van der Waals surface area contributed by atoms with Gasteiger partial charge in [-0.25, -0.2) is 4.79 Å². The van der Waals surface area contributed by atoms with Crippen molar-refractivity contribution in [1.82, 2.24) is 15.1 Å². The summed E-state index contributed by atoms with van der Waals surface area (Å²) in [6.45, 7) is 9.40. The number of ether oxygens (including phenoxy) is 1. The lowest BCUT2D eigenvalue weighted by atomic mass is 10.1. The minimum absolute atomic E-state index is 0.0486. The third kappa shape index (κ3) is 4.22. The Morgan fingerprint density at radius 1 is 1.13 bits per heavy atom. The molecule has 0 bridgehead atoms. The van der Waals surface area contributed by atoms with Gasteiger partial charge in [-0.2, -0.15) is 0 Å². The molecule has 1 aromatic carbocycles. The molecule has 8 nitrogen and oxygen atoms in total. The molecule has 3 aliphatic rings. The Bertz CT molecular complexity index is 845. The molecule has 1 aromatic rings. The summed E-state index contributed by atoms with van der Waals surface area (Å²) >= 11 is 0. The summed E-state index contributed by atoms with van der Waals surface area (Å²) in [5, 5.41) is 2.86. The molecule has 30 heavy (non-hydrogen) atoms. The average molecular weight is 415 g/mol. The van der Waals surface area contributed by atoms with Gasteiger partial charge < -0.3 is 24.8 Å². The molecule has 0 spiro atoms. The lowest BCUT2D eigenvalue weighted by Crippen LogP contribution is -2.50. The summed E-state index contributed by atoms with van der Waals surface area (Å²) < 4.78 is 5.47. The van der Waals surface area contributed by atoms with Gasteiger partial charge in [-0.15, -0.1) is 0 Å². The summed E-state index contributed by atoms with van der Waals surface area (Å²) in [4.78, 5) is 42.4. The number of hydrogen-bond acceptors (Lipinski definition) is 5. The van der Waals surface area contributed by atoms with Gasteiger partial charge in [0.05, 0.1) is 6.04 Å². The Morgan fingerprint density at radius 3 is 2.50 bits per heavy atom. The third-order valence-corrected chi connectivity index (χ3v) is 5.90. The van der Waals surface area contributed by atoms with E-state index in [1.165, 1.54) is 0 Å². The molecule has 0 aliphatic carbocycles. The van der Waals surface area contributed by atoms with Gasteiger partial charge in [-0.1, -0.05) is 0 Å². The average Bonchev–Trinajstić information content (AvgIpc) is 3.03. The molecule has 2 saturated heterocycles. The maximum absolute atomic E-state index is 12.8. The standard InChI is InChI=1S/C22H30N4O4/c1-22(2,3)30-21(29)25-10-8-24(9-11-25)16-4-6-18-15(12-16)14-26(20(18)28)17-5-7-19(27)23-13-17/h4,6,12,17H,5,7-11,13-14H2,1-3H3,(H,23,27). The highest BCUT2D eigenvalue weighted by Gasteiger charge is 2.35. The van der Waals surface area contributed by atoms with E-state index in [9.17, 15) is 14.4 Å². The highest BCUT2D eigenvalue weighted by Crippen LogP contribution is 2.30. The summed E-state index contributed by atoms with van der Waals surface area (Å²) in [7, 11) is 0. The molecule has 1 unspecified atom stereocenters. The molecule has 1 N–H and O–H groups in total. The Hall–Kier alpha value is -2.77. The molecule has 3 heterocycles. The first kappa shape index (κ1) is 20.5. The fraction of sp³-hybridized carbons (Fsp3) is 0.591. The summed E-state index contributed by atoms with van der Waals surface area (Å²) in [5.41, 5.74) is 2.37. The Balaban J connectivity index is 1.38. The summed E-state index contributed by atoms with van der Waals surface area (Å²) in [6, 6.07) is 6.06. The van der Waals surface area contributed by atoms with Crippen LogP contribution >= 0.6 is 0 Å². The molecular weight excluding hydrogens is 384 g/mol. The molecule has 0 radical (unpaired) electrons. The Morgan fingerprint density at radius 2 is 1.87 bits per heavy atom. The van der Waals surface area contributed by atoms with E-state index < -0.39 is 5.60 Å². The minimum Gasteiger partial charge on any atom is -0.444 e. The van der Waals surface area contributed by atoms with Crippen LogP contribution in [0.15, 0.2) is 18.2 Å². The first-order valence-electron chi connectivity index (χ1n) is 10.6. The van der Waals surface area contributed by atoms with Crippen molar-refractivity contribution in [1.29, 1.82) is 0 Å². The van der Waals surface area contributed by atoms with Gasteiger partial charge in [0, 0.05) is 56.9 Å². The van der Waals surface area contributed by atoms with E-state index >= 15 is 0 Å². The van der Waals surface area contributed by atoms with Crippen LogP contribution in [-0.4, -0.2) is 72.1 Å². The topological polar surface area (TPSA) is 82.2 Å². The molecule has 3 aliphatic heterocycles. The maximum Gasteiger partial charge on any atom is 0.410 e. The van der Waals surface area contributed by atoms with E-state index in [1.807, 2.05) is 37.8 Å². The van der Waals surface area contributed by atoms with Crippen LogP contribution in [0.5, 0.6) is 0 Å². The van der Waals surface area contributed by atoms with E-state index in [2.05, 4.69) is 16.3 Å². The van der Waals surface area contributed by atoms with Crippen molar-refractivity contribution in [2.45, 2.75) is 51.8 Å². The second-order valence-electron chi connectivity index (χ2n) is 9.23. The molecule has 162 valence electrons. The normalized spacial score (nSPS) is 22.1. The molecule has 4 rings (SSSR count). The van der Waals surface area contributed by atoms with Gasteiger partial charge in [-0.05, 0) is 51.0 Å². The number of piperazine rings is 1. The van der Waals surface area contributed by atoms with Crippen molar-refractivity contribution in [3.05, 3.63) is 29.3 Å². The number of fused-ring (bicyclic) bond motifs is 1. The number of rotatable bonds is 2. The smallest absolute Gasteiger partial charge is 0.410 e. The van der Waals surface area contributed by atoms with Gasteiger partial charge in [0.1, 0.15) is 5.60 Å². The van der Waals surface area contributed by atoms with Crippen LogP contribution in [0.3, 0.4) is 0 Å². The van der Waals surface area contributed by atoms with Crippen LogP contribution < -0.4 is 10.2 Å². The molecule has 1 atom stereocenters. The lowest BCUT2D eigenvalue weighted by molar-refractivity contribution is -0.123. The van der Waals surface area contributed by atoms with Crippen LogP contribution in [0.4, 0.5) is 10.5 Å². The third-order valence-electron chi connectivity index (χ3n) is 5.90. The van der Waals surface area contributed by atoms with Crippen LogP contribution in [0, 0.1) is 0 Å². The predicted octanol–water partition coefficient (Wildman–Crippen LogP) is 1.98. The lowest BCUT2D eigenvalue weighted by Gasteiger charge is -2.36. The van der Waals surface area contributed by atoms with Crippen molar-refractivity contribution in [3.63, 3.8) is 0 Å². The summed E-state index contributed by atoms with van der Waals surface area (Å²) in [6.07, 6.45) is 0.917. The number of hydrogen-bond donors (Lipinski definition) is 1. The molecular formula is C22H30N4O4. The zero-order chi connectivity index (χ0) is 21.5. The van der Waals surface area contributed by atoms with Gasteiger partial charge in [-0.3, -0.25) is 9.59 Å². The van der Waals surface area contributed by atoms with Crippen LogP contribution in [0.2, 0.25) is 0 Å². The second-order valence-corrected chi connectivity index (χ2v) is 9.23. The molecule has 8 heteroatoms. The fourth-order valence-corrected chi connectivity index (χ4v) is 4.28. The SMILES string of the molecule is CC(C)(C)OC(=O)N1CCN(c2ccc3c(c2)CN(C2CCC(=O)NC2)C3=O)CC1. The molecule has 0 aromatic heterocycles. The Labute approximate surface area is 177 Å². The van der Waals surface area contributed by atoms with Crippen molar-refractivity contribution < 1.29 is 19.1 Å². The van der Waals surface area contributed by atoms with E-state index in [4.69, 9.17) is 4.74 Å². The largest absolute Gasteiger partial charge is 0.444 e. The van der Waals surface area contributed by atoms with E-state index in [1.54, 1.807) is 4.90 Å². The number of nitrogens with zero attached hydrogens (tertiary/aromatic N) is 3. The van der Waals surface area contributed by atoms with Gasteiger partial charge in [0.15, 0.2) is 0 Å². The van der Waals surface area contributed by atoms with Crippen LogP contribution in [-0.2, 0) is 16.1 Å². The van der Waals surface area contributed by atoms with Gasteiger partial charge in [0.25, 0.3) is 5.91 Å². The number of amides is 3. The van der Waals surface area contributed by atoms with Crippen LogP contribution in [0.25, 0.3) is 0 Å². The Kier molecular flexibility index (Phi) is 5.34. The maximum atomic E-state index is 12.8. The number of benzene rings is 1. The number of anilines is 1. The second kappa shape index (κ2) is 7.81. The van der Waals surface area contributed by atoms with Gasteiger partial charge >= 0.3 is 6.09 Å². The highest BCUT2D eigenvalue weighted by atomic mass is 16.6. The first-order chi connectivity index (χ1) is 14.2. The minimum atomic E-state index is -0.492. The monoisotopic (exact) mass is 414 g/mol. The quantitative estimate of drug-likeness (QED) is 0.800. The molecule has 0 saturated carbocycles. The number of nitrogens with one attached hydrogen (secondary N) is 1. The molecule has 2 fully saturated rings. The highest BCUT2D eigenvalue weighted by molar-refractivity contribution is 5.99.